The maximum atomic E-state index is 16.9. The molecule has 12 nitrogen and oxygen atoms in total. The molecule has 5 heterocycles. The zero-order valence-electron chi connectivity index (χ0n) is 26.2. The molecular formula is C33H34F3N7O5. The number of aryl methyl sites for hydroxylation is 1. The smallest absolute Gasteiger partial charge is 0.323 e. The van der Waals surface area contributed by atoms with Gasteiger partial charge in [0.05, 0.1) is 24.1 Å². The number of imide groups is 1. The summed E-state index contributed by atoms with van der Waals surface area (Å²) in [5.74, 6) is -2.06. The number of amides is 3. The summed E-state index contributed by atoms with van der Waals surface area (Å²) in [5.41, 5.74) is -0.422. The van der Waals surface area contributed by atoms with E-state index in [-0.39, 0.29) is 72.8 Å². The third kappa shape index (κ3) is 5.81. The van der Waals surface area contributed by atoms with Crippen LogP contribution in [0.2, 0.25) is 0 Å². The van der Waals surface area contributed by atoms with Gasteiger partial charge in [0, 0.05) is 31.3 Å². The van der Waals surface area contributed by atoms with Gasteiger partial charge in [-0.2, -0.15) is 9.97 Å². The Bertz CT molecular complexity index is 1930. The maximum Gasteiger partial charge on any atom is 0.323 e. The first kappa shape index (κ1) is 31.8. The van der Waals surface area contributed by atoms with Crippen LogP contribution in [0.15, 0.2) is 30.5 Å². The van der Waals surface area contributed by atoms with Crippen molar-refractivity contribution in [2.45, 2.75) is 44.3 Å². The summed E-state index contributed by atoms with van der Waals surface area (Å²) in [4.78, 5) is 41.9. The Morgan fingerprint density at radius 3 is 2.88 bits per heavy atom. The molecule has 2 aromatic heterocycles. The van der Waals surface area contributed by atoms with E-state index in [4.69, 9.17) is 9.47 Å². The van der Waals surface area contributed by atoms with Gasteiger partial charge < -0.3 is 24.8 Å². The van der Waals surface area contributed by atoms with Gasteiger partial charge in [0.15, 0.2) is 5.82 Å². The minimum atomic E-state index is -0.993. The molecule has 3 fully saturated rings. The molecule has 0 spiro atoms. The fourth-order valence-electron chi connectivity index (χ4n) is 7.20. The molecule has 3 saturated heterocycles. The summed E-state index contributed by atoms with van der Waals surface area (Å²) in [7, 11) is 0. The highest BCUT2D eigenvalue weighted by atomic mass is 19.1. The number of nitrogens with zero attached hydrogens (tertiary/aromatic N) is 5. The third-order valence-electron chi connectivity index (χ3n) is 9.36. The van der Waals surface area contributed by atoms with Crippen molar-refractivity contribution < 1.29 is 37.3 Å². The lowest BCUT2D eigenvalue weighted by Crippen LogP contribution is -2.47. The molecule has 7 rings (SSSR count). The van der Waals surface area contributed by atoms with Crippen molar-refractivity contribution in [3.05, 3.63) is 47.7 Å². The molecule has 3 aliphatic heterocycles. The van der Waals surface area contributed by atoms with Crippen LogP contribution >= 0.6 is 0 Å². The number of carbonyl (C=O) groups is 2. The highest BCUT2D eigenvalue weighted by Gasteiger charge is 2.49. The van der Waals surface area contributed by atoms with E-state index in [1.54, 1.807) is 6.92 Å². The maximum absolute atomic E-state index is 16.9. The normalized spacial score (nSPS) is 22.2. The molecule has 2 aromatic carbocycles. The van der Waals surface area contributed by atoms with E-state index in [2.05, 4.69) is 30.5 Å². The highest BCUT2D eigenvalue weighted by molar-refractivity contribution is 6.02. The Morgan fingerprint density at radius 1 is 1.19 bits per heavy atom. The number of urea groups is 1. The third-order valence-corrected chi connectivity index (χ3v) is 9.36. The largest absolute Gasteiger partial charge is 0.508 e. The Labute approximate surface area is 273 Å². The van der Waals surface area contributed by atoms with Crippen LogP contribution in [0, 0.1) is 11.6 Å². The second-order valence-electron chi connectivity index (χ2n) is 12.4. The van der Waals surface area contributed by atoms with Gasteiger partial charge in [0.25, 0.3) is 0 Å². The second-order valence-corrected chi connectivity index (χ2v) is 12.4. The van der Waals surface area contributed by atoms with Crippen LogP contribution in [0.1, 0.15) is 31.7 Å². The number of pyridine rings is 1. The van der Waals surface area contributed by atoms with Crippen molar-refractivity contribution in [1.82, 2.24) is 30.5 Å². The first-order chi connectivity index (χ1) is 23.2. The van der Waals surface area contributed by atoms with Crippen molar-refractivity contribution in [2.75, 3.05) is 51.0 Å². The number of alkyl halides is 1. The molecule has 3 aliphatic rings. The molecule has 4 aromatic rings. The van der Waals surface area contributed by atoms with Crippen LogP contribution < -0.4 is 20.3 Å². The second kappa shape index (κ2) is 12.7. The number of fused-ring (bicyclic) bond motifs is 3. The van der Waals surface area contributed by atoms with Gasteiger partial charge in [-0.3, -0.25) is 20.0 Å². The van der Waals surface area contributed by atoms with Gasteiger partial charge in [0.2, 0.25) is 5.91 Å². The number of hydrogen-bond acceptors (Lipinski definition) is 10. The predicted molar refractivity (Wildman–Crippen MR) is 169 cm³/mol. The summed E-state index contributed by atoms with van der Waals surface area (Å²) >= 11 is 0. The van der Waals surface area contributed by atoms with Crippen LogP contribution in [0.25, 0.3) is 32.9 Å². The lowest BCUT2D eigenvalue weighted by Gasteiger charge is -2.31. The molecule has 0 aliphatic carbocycles. The van der Waals surface area contributed by atoms with Crippen LogP contribution in [0.4, 0.5) is 23.8 Å². The molecule has 3 amide bonds. The zero-order valence-corrected chi connectivity index (χ0v) is 26.2. The van der Waals surface area contributed by atoms with Gasteiger partial charge in [-0.05, 0) is 60.3 Å². The van der Waals surface area contributed by atoms with E-state index >= 15 is 4.39 Å². The van der Waals surface area contributed by atoms with Crippen molar-refractivity contribution >= 4 is 39.4 Å². The Morgan fingerprint density at radius 2 is 2.04 bits per heavy atom. The molecule has 0 radical (unpaired) electrons. The van der Waals surface area contributed by atoms with E-state index < -0.39 is 35.3 Å². The topological polar surface area (TPSA) is 142 Å². The van der Waals surface area contributed by atoms with Gasteiger partial charge in [-0.25, -0.2) is 18.0 Å². The van der Waals surface area contributed by atoms with Crippen molar-refractivity contribution in [2.24, 2.45) is 0 Å². The van der Waals surface area contributed by atoms with Crippen LogP contribution in [0.5, 0.6) is 11.8 Å². The summed E-state index contributed by atoms with van der Waals surface area (Å²) in [6.45, 7) is 2.62. The number of rotatable bonds is 6. The summed E-state index contributed by atoms with van der Waals surface area (Å²) in [5, 5.41) is 16.2. The number of phenols is 1. The van der Waals surface area contributed by atoms with Crippen molar-refractivity contribution in [1.29, 1.82) is 0 Å². The van der Waals surface area contributed by atoms with E-state index in [1.165, 1.54) is 35.4 Å². The number of aromatic hydroxyl groups is 1. The summed E-state index contributed by atoms with van der Waals surface area (Å²) in [6, 6.07) is 4.68. The van der Waals surface area contributed by atoms with E-state index in [0.29, 0.717) is 35.7 Å². The van der Waals surface area contributed by atoms with Crippen molar-refractivity contribution in [3.8, 4) is 23.0 Å². The van der Waals surface area contributed by atoms with Crippen LogP contribution in [-0.2, 0) is 16.0 Å². The number of benzene rings is 2. The molecule has 0 saturated carbocycles. The van der Waals surface area contributed by atoms with Crippen LogP contribution in [-0.4, -0.2) is 94.7 Å². The molecule has 252 valence electrons. The Hall–Kier alpha value is -4.76. The molecule has 48 heavy (non-hydrogen) atoms. The Balaban J connectivity index is 1.37. The average Bonchev–Trinajstić information content (AvgIpc) is 3.58. The first-order valence-electron chi connectivity index (χ1n) is 15.9. The number of hydrogen-bond donors (Lipinski definition) is 3. The van der Waals surface area contributed by atoms with Gasteiger partial charge >= 0.3 is 12.0 Å². The number of phenolic OH excluding ortho intramolecular Hbond substituents is 1. The minimum Gasteiger partial charge on any atom is -0.508 e. The number of aromatic nitrogens is 3. The quantitative estimate of drug-likeness (QED) is 0.277. The fraction of sp³-hybridized carbons (Fsp3) is 0.424. The SMILES string of the molecule is CCc1c(F)ccc2cc(O)cc(-c3ncc4c(N5CCOCNC(=O)NC(=O)C5)nc(OC[C@@]56CCCN5C[C@H](F)C6)nc4c3F)c12. The minimum absolute atomic E-state index is 0.0675. The zero-order chi connectivity index (χ0) is 33.6. The monoisotopic (exact) mass is 665 g/mol. The number of anilines is 1. The van der Waals surface area contributed by atoms with Crippen molar-refractivity contribution in [3.63, 3.8) is 0 Å². The number of carbonyl (C=O) groups excluding carboxylic acids is 2. The van der Waals surface area contributed by atoms with E-state index in [0.717, 1.165) is 19.4 Å². The van der Waals surface area contributed by atoms with Gasteiger partial charge in [0.1, 0.15) is 48.1 Å². The molecule has 15 heteroatoms. The number of ether oxygens (including phenoxy) is 2. The summed E-state index contributed by atoms with van der Waals surface area (Å²) in [6.07, 6.45) is 2.56. The molecule has 3 N–H and O–H groups in total. The van der Waals surface area contributed by atoms with Gasteiger partial charge in [-0.15, -0.1) is 0 Å². The lowest BCUT2D eigenvalue weighted by molar-refractivity contribution is -0.118. The first-order valence-corrected chi connectivity index (χ1v) is 15.9. The van der Waals surface area contributed by atoms with Crippen LogP contribution in [0.3, 0.4) is 0 Å². The fourth-order valence-corrected chi connectivity index (χ4v) is 7.20. The molecule has 0 bridgehead atoms. The molecule has 0 unspecified atom stereocenters. The lowest BCUT2D eigenvalue weighted by atomic mass is 9.94. The highest BCUT2D eigenvalue weighted by Crippen LogP contribution is 2.41. The number of nitrogens with one attached hydrogen (secondary N) is 2. The standard InChI is InChI=1S/C33H34F3N7O5/c1-2-21-24(35)5-4-18-10-20(44)11-22(26(18)21)28-27(36)29-23(13-37-28)30(42-8-9-47-17-38-31(46)39-25(45)15-42)41-32(40-29)48-16-33-6-3-7-43(33)14-19(34)12-33/h4-5,10-11,13,19,44H,2-3,6-9,12,14-17H2,1H3,(H2,38,39,45,46)/t19-,33+/m1/s1. The average molecular weight is 666 g/mol. The molecule has 2 atom stereocenters. The summed E-state index contributed by atoms with van der Waals surface area (Å²) < 4.78 is 57.9. The Kier molecular flexibility index (Phi) is 8.41. The van der Waals surface area contributed by atoms with E-state index in [1.807, 2.05) is 0 Å². The van der Waals surface area contributed by atoms with E-state index in [9.17, 15) is 23.5 Å². The predicted octanol–water partition coefficient (Wildman–Crippen LogP) is 3.97. The van der Waals surface area contributed by atoms with Gasteiger partial charge in [-0.1, -0.05) is 13.0 Å². The molecular weight excluding hydrogens is 631 g/mol. The number of halogens is 3.